The van der Waals surface area contributed by atoms with Gasteiger partial charge in [-0.15, -0.1) is 0 Å². The van der Waals surface area contributed by atoms with E-state index >= 15 is 0 Å². The van der Waals surface area contributed by atoms with E-state index in [-0.39, 0.29) is 5.91 Å². The van der Waals surface area contributed by atoms with Gasteiger partial charge in [0.25, 0.3) is 0 Å². The summed E-state index contributed by atoms with van der Waals surface area (Å²) in [4.78, 5) is 12.4. The SMILES string of the molecule is CC(Nc1ccc(NS(C)(=O)=O)cc1)C(=O)Nc1ccc2ccccc2c1. The van der Waals surface area contributed by atoms with Gasteiger partial charge in [-0.1, -0.05) is 30.3 Å². The molecule has 0 radical (unpaired) electrons. The molecule has 0 aliphatic heterocycles. The van der Waals surface area contributed by atoms with E-state index in [4.69, 9.17) is 0 Å². The number of benzene rings is 3. The van der Waals surface area contributed by atoms with Crippen molar-refractivity contribution in [3.8, 4) is 0 Å². The Bertz CT molecular complexity index is 1060. The Morgan fingerprint density at radius 1 is 0.852 bits per heavy atom. The Labute approximate surface area is 158 Å². The molecule has 1 amide bonds. The predicted octanol–water partition coefficient (Wildman–Crippen LogP) is 3.65. The molecular formula is C20H21N3O3S. The van der Waals surface area contributed by atoms with E-state index in [9.17, 15) is 13.2 Å². The van der Waals surface area contributed by atoms with Crippen molar-refractivity contribution in [2.45, 2.75) is 13.0 Å². The van der Waals surface area contributed by atoms with Gasteiger partial charge in [0.15, 0.2) is 0 Å². The largest absolute Gasteiger partial charge is 0.374 e. The van der Waals surface area contributed by atoms with Crippen molar-refractivity contribution in [2.75, 3.05) is 21.6 Å². The predicted molar refractivity (Wildman–Crippen MR) is 111 cm³/mol. The zero-order chi connectivity index (χ0) is 19.4. The van der Waals surface area contributed by atoms with Gasteiger partial charge in [0.05, 0.1) is 6.26 Å². The summed E-state index contributed by atoms with van der Waals surface area (Å²) in [5, 5.41) is 8.18. The van der Waals surface area contributed by atoms with Crippen molar-refractivity contribution in [3.05, 3.63) is 66.7 Å². The molecule has 0 saturated carbocycles. The van der Waals surface area contributed by atoms with Crippen LogP contribution >= 0.6 is 0 Å². The van der Waals surface area contributed by atoms with Gasteiger partial charge in [0.2, 0.25) is 15.9 Å². The van der Waals surface area contributed by atoms with Crippen LogP contribution in [-0.4, -0.2) is 26.6 Å². The number of hydrogen-bond donors (Lipinski definition) is 3. The lowest BCUT2D eigenvalue weighted by Crippen LogP contribution is -2.31. The van der Waals surface area contributed by atoms with E-state index in [0.29, 0.717) is 5.69 Å². The number of anilines is 3. The molecule has 1 unspecified atom stereocenters. The van der Waals surface area contributed by atoms with Crippen molar-refractivity contribution in [3.63, 3.8) is 0 Å². The molecule has 0 saturated heterocycles. The number of carbonyl (C=O) groups excluding carboxylic acids is 1. The normalized spacial score (nSPS) is 12.4. The molecule has 3 N–H and O–H groups in total. The molecule has 140 valence electrons. The highest BCUT2D eigenvalue weighted by Gasteiger charge is 2.13. The molecule has 3 rings (SSSR count). The van der Waals surface area contributed by atoms with Crippen LogP contribution in [0.5, 0.6) is 0 Å². The lowest BCUT2D eigenvalue weighted by Gasteiger charge is -2.16. The molecule has 3 aromatic rings. The van der Waals surface area contributed by atoms with Gasteiger partial charge in [-0.2, -0.15) is 0 Å². The molecular weight excluding hydrogens is 362 g/mol. The van der Waals surface area contributed by atoms with E-state index in [2.05, 4.69) is 15.4 Å². The first kappa shape index (κ1) is 18.7. The van der Waals surface area contributed by atoms with Crippen molar-refractivity contribution in [1.29, 1.82) is 0 Å². The Kier molecular flexibility index (Phi) is 5.32. The van der Waals surface area contributed by atoms with Crippen molar-refractivity contribution < 1.29 is 13.2 Å². The third-order valence-corrected chi connectivity index (χ3v) is 4.59. The summed E-state index contributed by atoms with van der Waals surface area (Å²) in [6.45, 7) is 1.76. The van der Waals surface area contributed by atoms with Crippen LogP contribution in [0, 0.1) is 0 Å². The second kappa shape index (κ2) is 7.67. The molecule has 0 aliphatic rings. The van der Waals surface area contributed by atoms with Crippen LogP contribution < -0.4 is 15.4 Å². The lowest BCUT2D eigenvalue weighted by molar-refractivity contribution is -0.116. The Balaban J connectivity index is 1.62. The minimum Gasteiger partial charge on any atom is -0.374 e. The van der Waals surface area contributed by atoms with Gasteiger partial charge in [-0.05, 0) is 54.1 Å². The smallest absolute Gasteiger partial charge is 0.246 e. The fourth-order valence-electron chi connectivity index (χ4n) is 2.68. The molecule has 0 bridgehead atoms. The highest BCUT2D eigenvalue weighted by Crippen LogP contribution is 2.20. The fraction of sp³-hybridized carbons (Fsp3) is 0.150. The highest BCUT2D eigenvalue weighted by molar-refractivity contribution is 7.92. The van der Waals surface area contributed by atoms with Gasteiger partial charge in [0, 0.05) is 17.1 Å². The van der Waals surface area contributed by atoms with Crippen molar-refractivity contribution in [2.24, 2.45) is 0 Å². The van der Waals surface area contributed by atoms with E-state index in [0.717, 1.165) is 28.4 Å². The number of rotatable bonds is 6. The average Bonchev–Trinajstić information content (AvgIpc) is 2.62. The Hall–Kier alpha value is -3.06. The first-order valence-corrected chi connectivity index (χ1v) is 10.3. The topological polar surface area (TPSA) is 87.3 Å². The molecule has 0 aromatic heterocycles. The van der Waals surface area contributed by atoms with Gasteiger partial charge in [-0.3, -0.25) is 9.52 Å². The summed E-state index contributed by atoms with van der Waals surface area (Å²) < 4.78 is 24.9. The number of carbonyl (C=O) groups is 1. The maximum absolute atomic E-state index is 12.4. The molecule has 6 nitrogen and oxygen atoms in total. The number of nitrogens with one attached hydrogen (secondary N) is 3. The number of fused-ring (bicyclic) bond motifs is 1. The molecule has 0 spiro atoms. The zero-order valence-corrected chi connectivity index (χ0v) is 15.9. The molecule has 0 heterocycles. The molecule has 0 aliphatic carbocycles. The monoisotopic (exact) mass is 383 g/mol. The van der Waals surface area contributed by atoms with E-state index in [1.807, 2.05) is 42.5 Å². The van der Waals surface area contributed by atoms with E-state index < -0.39 is 16.1 Å². The van der Waals surface area contributed by atoms with E-state index in [1.54, 1.807) is 31.2 Å². The standard InChI is InChI=1S/C20H21N3O3S/c1-14(21-17-9-11-18(12-10-17)23-27(2,25)26)20(24)22-19-8-7-15-5-3-4-6-16(15)13-19/h3-14,21,23H,1-2H3,(H,22,24). The summed E-state index contributed by atoms with van der Waals surface area (Å²) in [5.74, 6) is -0.163. The maximum atomic E-state index is 12.4. The fourth-order valence-corrected chi connectivity index (χ4v) is 3.25. The number of amides is 1. The second-order valence-corrected chi connectivity index (χ2v) is 8.12. The van der Waals surface area contributed by atoms with Crippen LogP contribution in [0.4, 0.5) is 17.1 Å². The van der Waals surface area contributed by atoms with Crippen LogP contribution in [0.25, 0.3) is 10.8 Å². The molecule has 27 heavy (non-hydrogen) atoms. The third-order valence-electron chi connectivity index (χ3n) is 3.98. The summed E-state index contributed by atoms with van der Waals surface area (Å²) in [7, 11) is -3.31. The second-order valence-electron chi connectivity index (χ2n) is 6.37. The van der Waals surface area contributed by atoms with Crippen LogP contribution in [-0.2, 0) is 14.8 Å². The summed E-state index contributed by atoms with van der Waals surface area (Å²) in [6, 6.07) is 20.0. The molecule has 1 atom stereocenters. The summed E-state index contributed by atoms with van der Waals surface area (Å²) >= 11 is 0. The molecule has 7 heteroatoms. The zero-order valence-electron chi connectivity index (χ0n) is 15.1. The minimum absolute atomic E-state index is 0.163. The molecule has 0 fully saturated rings. The van der Waals surface area contributed by atoms with Crippen LogP contribution in [0.1, 0.15) is 6.92 Å². The number of sulfonamides is 1. The average molecular weight is 383 g/mol. The maximum Gasteiger partial charge on any atom is 0.246 e. The summed E-state index contributed by atoms with van der Waals surface area (Å²) in [6.07, 6.45) is 1.10. The summed E-state index contributed by atoms with van der Waals surface area (Å²) in [5.41, 5.74) is 1.92. The lowest BCUT2D eigenvalue weighted by atomic mass is 10.1. The van der Waals surface area contributed by atoms with Crippen LogP contribution in [0.15, 0.2) is 66.7 Å². The highest BCUT2D eigenvalue weighted by atomic mass is 32.2. The van der Waals surface area contributed by atoms with Crippen molar-refractivity contribution in [1.82, 2.24) is 0 Å². The van der Waals surface area contributed by atoms with E-state index in [1.165, 1.54) is 0 Å². The molecule has 3 aromatic carbocycles. The van der Waals surface area contributed by atoms with Gasteiger partial charge in [0.1, 0.15) is 6.04 Å². The Morgan fingerprint density at radius 3 is 2.11 bits per heavy atom. The first-order chi connectivity index (χ1) is 12.8. The van der Waals surface area contributed by atoms with Gasteiger partial charge in [-0.25, -0.2) is 8.42 Å². The quantitative estimate of drug-likeness (QED) is 0.606. The van der Waals surface area contributed by atoms with Gasteiger partial charge >= 0.3 is 0 Å². The van der Waals surface area contributed by atoms with Gasteiger partial charge < -0.3 is 10.6 Å². The van der Waals surface area contributed by atoms with Crippen molar-refractivity contribution >= 4 is 43.8 Å². The minimum atomic E-state index is -3.31. The van der Waals surface area contributed by atoms with Crippen LogP contribution in [0.3, 0.4) is 0 Å². The first-order valence-electron chi connectivity index (χ1n) is 8.44. The number of hydrogen-bond acceptors (Lipinski definition) is 4. The Morgan fingerprint density at radius 2 is 1.44 bits per heavy atom. The van der Waals surface area contributed by atoms with Crippen LogP contribution in [0.2, 0.25) is 0 Å². The third kappa shape index (κ3) is 5.21.